The third kappa shape index (κ3) is 5.72. The SMILES string of the molecule is Cc1ccc(-n2ccnc2C(Cc2ccccc2)NC(=O)NS(=O)(=O)c2ccccc2C)cc1Cl. The molecule has 1 unspecified atom stereocenters. The Hall–Kier alpha value is -3.62. The van der Waals surface area contributed by atoms with Crippen molar-refractivity contribution in [2.24, 2.45) is 0 Å². The number of urea groups is 1. The predicted octanol–water partition coefficient (Wildman–Crippen LogP) is 5.11. The number of aromatic nitrogens is 2. The molecule has 0 bridgehead atoms. The van der Waals surface area contributed by atoms with Crippen molar-refractivity contribution in [1.29, 1.82) is 0 Å². The van der Waals surface area contributed by atoms with Gasteiger partial charge in [0.25, 0.3) is 10.0 Å². The molecule has 0 saturated heterocycles. The first-order valence-electron chi connectivity index (χ1n) is 11.0. The van der Waals surface area contributed by atoms with Crippen molar-refractivity contribution in [3.05, 3.63) is 113 Å². The first kappa shape index (κ1) is 24.5. The van der Waals surface area contributed by atoms with Gasteiger partial charge in [0.1, 0.15) is 5.82 Å². The molecule has 9 heteroatoms. The number of halogens is 1. The van der Waals surface area contributed by atoms with Crippen LogP contribution < -0.4 is 10.0 Å². The fraction of sp³-hybridized carbons (Fsp3) is 0.154. The van der Waals surface area contributed by atoms with E-state index in [2.05, 4.69) is 15.0 Å². The summed E-state index contributed by atoms with van der Waals surface area (Å²) in [5.41, 5.74) is 3.22. The first-order valence-corrected chi connectivity index (χ1v) is 12.8. The molecule has 0 saturated carbocycles. The Morgan fingerprint density at radius 2 is 1.71 bits per heavy atom. The number of amides is 2. The topological polar surface area (TPSA) is 93.1 Å². The van der Waals surface area contributed by atoms with Gasteiger partial charge >= 0.3 is 6.03 Å². The number of hydrogen-bond donors (Lipinski definition) is 2. The second kappa shape index (κ2) is 10.3. The molecule has 0 aliphatic carbocycles. The van der Waals surface area contributed by atoms with Gasteiger partial charge in [0, 0.05) is 23.1 Å². The summed E-state index contributed by atoms with van der Waals surface area (Å²) in [7, 11) is -4.06. The Labute approximate surface area is 209 Å². The van der Waals surface area contributed by atoms with Crippen molar-refractivity contribution < 1.29 is 13.2 Å². The van der Waals surface area contributed by atoms with Crippen LogP contribution in [0.5, 0.6) is 0 Å². The standard InChI is InChI=1S/C26H25ClN4O3S/c1-18-12-13-21(17-22(18)27)31-15-14-28-25(31)23(16-20-9-4-3-5-10-20)29-26(32)30-35(33,34)24-11-7-6-8-19(24)2/h3-15,17,23H,16H2,1-2H3,(H2,29,30,32). The molecule has 0 fully saturated rings. The smallest absolute Gasteiger partial charge is 0.327 e. The maximum Gasteiger partial charge on any atom is 0.329 e. The summed E-state index contributed by atoms with van der Waals surface area (Å²) in [6, 6.07) is 20.2. The third-order valence-electron chi connectivity index (χ3n) is 5.61. The number of carbonyl (C=O) groups is 1. The molecule has 0 aliphatic rings. The molecule has 1 heterocycles. The van der Waals surface area contributed by atoms with E-state index in [1.54, 1.807) is 37.5 Å². The zero-order chi connectivity index (χ0) is 25.0. The highest BCUT2D eigenvalue weighted by Crippen LogP contribution is 2.24. The molecular formula is C26H25ClN4O3S. The van der Waals surface area contributed by atoms with Gasteiger partial charge < -0.3 is 9.88 Å². The highest BCUT2D eigenvalue weighted by atomic mass is 35.5. The van der Waals surface area contributed by atoms with Crippen LogP contribution in [-0.2, 0) is 16.4 Å². The Balaban J connectivity index is 1.65. The Morgan fingerprint density at radius 1 is 1.00 bits per heavy atom. The normalized spacial score (nSPS) is 12.2. The fourth-order valence-corrected chi connectivity index (χ4v) is 5.14. The van der Waals surface area contributed by atoms with Gasteiger partial charge in [-0.15, -0.1) is 0 Å². The van der Waals surface area contributed by atoms with Gasteiger partial charge in [-0.25, -0.2) is 22.9 Å². The zero-order valence-corrected chi connectivity index (χ0v) is 20.8. The number of benzene rings is 3. The largest absolute Gasteiger partial charge is 0.329 e. The summed E-state index contributed by atoms with van der Waals surface area (Å²) in [4.78, 5) is 17.5. The van der Waals surface area contributed by atoms with Crippen molar-refractivity contribution in [1.82, 2.24) is 19.6 Å². The summed E-state index contributed by atoms with van der Waals surface area (Å²) < 4.78 is 29.6. The predicted molar refractivity (Wildman–Crippen MR) is 136 cm³/mol. The van der Waals surface area contributed by atoms with Crippen LogP contribution in [0.15, 0.2) is 90.1 Å². The zero-order valence-electron chi connectivity index (χ0n) is 19.3. The monoisotopic (exact) mass is 508 g/mol. The molecule has 0 spiro atoms. The van der Waals surface area contributed by atoms with Crippen molar-refractivity contribution in [2.75, 3.05) is 0 Å². The van der Waals surface area contributed by atoms with E-state index in [-0.39, 0.29) is 4.90 Å². The van der Waals surface area contributed by atoms with Gasteiger partial charge in [0.2, 0.25) is 0 Å². The number of nitrogens with zero attached hydrogens (tertiary/aromatic N) is 2. The molecule has 1 aromatic heterocycles. The van der Waals surface area contributed by atoms with E-state index < -0.39 is 22.1 Å². The number of aryl methyl sites for hydroxylation is 2. The van der Waals surface area contributed by atoms with Crippen LogP contribution in [0.3, 0.4) is 0 Å². The number of hydrogen-bond acceptors (Lipinski definition) is 4. The molecule has 0 aliphatic heterocycles. The van der Waals surface area contributed by atoms with Gasteiger partial charge in [0.15, 0.2) is 0 Å². The van der Waals surface area contributed by atoms with Crippen LogP contribution in [0, 0.1) is 13.8 Å². The minimum Gasteiger partial charge on any atom is -0.327 e. The second-order valence-corrected chi connectivity index (χ2v) is 10.2. The summed E-state index contributed by atoms with van der Waals surface area (Å²) in [5, 5.41) is 3.41. The van der Waals surface area contributed by atoms with Gasteiger partial charge in [-0.3, -0.25) is 0 Å². The van der Waals surface area contributed by atoms with Crippen molar-refractivity contribution in [3.63, 3.8) is 0 Å². The maximum atomic E-state index is 12.9. The number of rotatable bonds is 7. The van der Waals surface area contributed by atoms with Crippen molar-refractivity contribution >= 4 is 27.7 Å². The molecule has 4 rings (SSSR count). The highest BCUT2D eigenvalue weighted by molar-refractivity contribution is 7.90. The van der Waals surface area contributed by atoms with E-state index in [0.717, 1.165) is 16.8 Å². The van der Waals surface area contributed by atoms with E-state index in [1.165, 1.54) is 6.07 Å². The molecule has 1 atom stereocenters. The molecule has 2 N–H and O–H groups in total. The van der Waals surface area contributed by atoms with Crippen LogP contribution in [0.25, 0.3) is 5.69 Å². The number of imidazole rings is 1. The lowest BCUT2D eigenvalue weighted by Crippen LogP contribution is -2.42. The molecule has 3 aromatic carbocycles. The van der Waals surface area contributed by atoms with Crippen LogP contribution in [-0.4, -0.2) is 24.0 Å². The van der Waals surface area contributed by atoms with Crippen molar-refractivity contribution in [2.45, 2.75) is 31.2 Å². The van der Waals surface area contributed by atoms with E-state index >= 15 is 0 Å². The lowest BCUT2D eigenvalue weighted by molar-refractivity contribution is 0.241. The van der Waals surface area contributed by atoms with E-state index in [9.17, 15) is 13.2 Å². The maximum absolute atomic E-state index is 12.9. The van der Waals surface area contributed by atoms with Gasteiger partial charge in [0.05, 0.1) is 10.9 Å². The fourth-order valence-electron chi connectivity index (χ4n) is 3.80. The summed E-state index contributed by atoms with van der Waals surface area (Å²) in [5.74, 6) is 0.539. The number of sulfonamides is 1. The van der Waals surface area contributed by atoms with Crippen molar-refractivity contribution in [3.8, 4) is 5.69 Å². The van der Waals surface area contributed by atoms with Gasteiger partial charge in [-0.05, 0) is 55.2 Å². The van der Waals surface area contributed by atoms with Crippen LogP contribution in [0.2, 0.25) is 5.02 Å². The van der Waals surface area contributed by atoms with Crippen LogP contribution >= 0.6 is 11.6 Å². The minimum atomic E-state index is -4.06. The van der Waals surface area contributed by atoms with Gasteiger partial charge in [-0.1, -0.05) is 66.2 Å². The summed E-state index contributed by atoms with van der Waals surface area (Å²) in [6.07, 6.45) is 3.80. The first-order chi connectivity index (χ1) is 16.7. The quantitative estimate of drug-likeness (QED) is 0.362. The molecular weight excluding hydrogens is 484 g/mol. The third-order valence-corrected chi connectivity index (χ3v) is 7.51. The summed E-state index contributed by atoms with van der Waals surface area (Å²) in [6.45, 7) is 3.59. The van der Waals surface area contributed by atoms with Crippen LogP contribution in [0.1, 0.15) is 28.6 Å². The number of nitrogens with one attached hydrogen (secondary N) is 2. The van der Waals surface area contributed by atoms with Crippen LogP contribution in [0.4, 0.5) is 4.79 Å². The number of carbonyl (C=O) groups excluding carboxylic acids is 1. The Morgan fingerprint density at radius 3 is 2.43 bits per heavy atom. The second-order valence-electron chi connectivity index (χ2n) is 8.18. The lowest BCUT2D eigenvalue weighted by atomic mass is 10.1. The Bertz CT molecular complexity index is 1450. The van der Waals surface area contributed by atoms with E-state index in [0.29, 0.717) is 22.8 Å². The van der Waals surface area contributed by atoms with Gasteiger partial charge in [-0.2, -0.15) is 0 Å². The average molecular weight is 509 g/mol. The lowest BCUT2D eigenvalue weighted by Gasteiger charge is -2.21. The van der Waals surface area contributed by atoms with E-state index in [4.69, 9.17) is 11.6 Å². The molecule has 7 nitrogen and oxygen atoms in total. The molecule has 4 aromatic rings. The highest BCUT2D eigenvalue weighted by Gasteiger charge is 2.25. The molecule has 0 radical (unpaired) electrons. The minimum absolute atomic E-state index is 0.0468. The summed E-state index contributed by atoms with van der Waals surface area (Å²) >= 11 is 6.34. The molecule has 180 valence electrons. The molecule has 2 amide bonds. The van der Waals surface area contributed by atoms with E-state index in [1.807, 2.05) is 60.0 Å². The average Bonchev–Trinajstić information content (AvgIpc) is 3.31. The Kier molecular flexibility index (Phi) is 7.23. The molecule has 35 heavy (non-hydrogen) atoms.